The summed E-state index contributed by atoms with van der Waals surface area (Å²) in [6.45, 7) is 4.15. The van der Waals surface area contributed by atoms with Gasteiger partial charge in [0, 0.05) is 0 Å². The lowest BCUT2D eigenvalue weighted by Crippen LogP contribution is -1.81. The highest BCUT2D eigenvalue weighted by Gasteiger charge is 2.11. The molecule has 80 valence electrons. The molecule has 0 aliphatic heterocycles. The molecule has 2 heterocycles. The fourth-order valence-corrected chi connectivity index (χ4v) is 2.62. The van der Waals surface area contributed by atoms with Gasteiger partial charge in [0.25, 0.3) is 0 Å². The number of aromatic nitrogens is 4. The Morgan fingerprint density at radius 3 is 2.73 bits per heavy atom. The van der Waals surface area contributed by atoms with Gasteiger partial charge in [-0.15, -0.1) is 11.3 Å². The number of H-pyrrole nitrogens is 2. The number of hydrogen-bond donors (Lipinski definition) is 2. The quantitative estimate of drug-likeness (QED) is 0.811. The number of rotatable bonds is 3. The van der Waals surface area contributed by atoms with Gasteiger partial charge in [0.15, 0.2) is 5.82 Å². The van der Waals surface area contributed by atoms with E-state index in [9.17, 15) is 0 Å². The van der Waals surface area contributed by atoms with Crippen molar-refractivity contribution in [2.24, 2.45) is 0 Å². The summed E-state index contributed by atoms with van der Waals surface area (Å²) in [5.41, 5.74) is 1.02. The maximum absolute atomic E-state index is 4.92. The number of aryl methyl sites for hydroxylation is 2. The number of hydrogen-bond acceptors (Lipinski definition) is 4. The first-order valence-electron chi connectivity index (χ1n) is 4.82. The third kappa shape index (κ3) is 2.15. The lowest BCUT2D eigenvalue weighted by molar-refractivity contribution is 0.903. The largest absolute Gasteiger partial charge is 0.281 e. The maximum atomic E-state index is 4.92. The van der Waals surface area contributed by atoms with E-state index in [1.54, 1.807) is 11.3 Å². The molecule has 0 amide bonds. The van der Waals surface area contributed by atoms with Gasteiger partial charge in [-0.2, -0.15) is 4.98 Å². The van der Waals surface area contributed by atoms with E-state index >= 15 is 0 Å². The van der Waals surface area contributed by atoms with Crippen LogP contribution >= 0.6 is 23.6 Å². The SMILES string of the molecule is CCCc1nc(C)c(-c2nc(=S)[nH][nH]2)s1. The molecular formula is C9H12N4S2. The van der Waals surface area contributed by atoms with E-state index in [4.69, 9.17) is 12.2 Å². The van der Waals surface area contributed by atoms with E-state index in [0.29, 0.717) is 4.77 Å². The molecule has 2 aromatic heterocycles. The monoisotopic (exact) mass is 240 g/mol. The highest BCUT2D eigenvalue weighted by Crippen LogP contribution is 2.27. The molecular weight excluding hydrogens is 228 g/mol. The highest BCUT2D eigenvalue weighted by molar-refractivity contribution is 7.71. The predicted octanol–water partition coefficient (Wildman–Crippen LogP) is 2.85. The molecule has 2 rings (SSSR count). The minimum Gasteiger partial charge on any atom is -0.281 e. The Labute approximate surface area is 96.8 Å². The lowest BCUT2D eigenvalue weighted by Gasteiger charge is -1.88. The summed E-state index contributed by atoms with van der Waals surface area (Å²) in [5, 5.41) is 6.90. The predicted molar refractivity (Wildman–Crippen MR) is 63.6 cm³/mol. The summed E-state index contributed by atoms with van der Waals surface area (Å²) in [6, 6.07) is 0. The van der Waals surface area contributed by atoms with Gasteiger partial charge in [0.05, 0.1) is 15.6 Å². The van der Waals surface area contributed by atoms with Crippen LogP contribution in [0.4, 0.5) is 0 Å². The topological polar surface area (TPSA) is 57.4 Å². The molecule has 0 bridgehead atoms. The zero-order valence-electron chi connectivity index (χ0n) is 8.63. The van der Waals surface area contributed by atoms with Gasteiger partial charge in [-0.25, -0.2) is 4.98 Å². The van der Waals surface area contributed by atoms with E-state index in [-0.39, 0.29) is 0 Å². The lowest BCUT2D eigenvalue weighted by atomic mass is 10.3. The van der Waals surface area contributed by atoms with Gasteiger partial charge in [0.2, 0.25) is 4.77 Å². The Kier molecular flexibility index (Phi) is 2.97. The summed E-state index contributed by atoms with van der Waals surface area (Å²) in [5.74, 6) is 0.789. The Morgan fingerprint density at radius 2 is 2.13 bits per heavy atom. The molecule has 2 N–H and O–H groups in total. The second-order valence-corrected chi connectivity index (χ2v) is 4.76. The molecule has 0 radical (unpaired) electrons. The summed E-state index contributed by atoms with van der Waals surface area (Å²) < 4.78 is 0.481. The maximum Gasteiger partial charge on any atom is 0.213 e. The van der Waals surface area contributed by atoms with Crippen LogP contribution in [-0.2, 0) is 6.42 Å². The Morgan fingerprint density at radius 1 is 1.33 bits per heavy atom. The molecule has 0 aliphatic rings. The van der Waals surface area contributed by atoms with Crippen LogP contribution in [0.15, 0.2) is 0 Å². The van der Waals surface area contributed by atoms with Crippen molar-refractivity contribution in [3.63, 3.8) is 0 Å². The van der Waals surface area contributed by atoms with E-state index in [1.807, 2.05) is 6.92 Å². The first kappa shape index (κ1) is 10.5. The van der Waals surface area contributed by atoms with Crippen LogP contribution in [0, 0.1) is 11.7 Å². The van der Waals surface area contributed by atoms with Crippen molar-refractivity contribution >= 4 is 23.6 Å². The smallest absolute Gasteiger partial charge is 0.213 e. The highest BCUT2D eigenvalue weighted by atomic mass is 32.1. The van der Waals surface area contributed by atoms with Gasteiger partial charge in [-0.3, -0.25) is 10.2 Å². The average Bonchev–Trinajstić information content (AvgIpc) is 2.73. The number of nitrogens with zero attached hydrogens (tertiary/aromatic N) is 2. The standard InChI is InChI=1S/C9H12N4S2/c1-3-4-6-10-5(2)7(15-6)8-11-9(14)13-12-8/h3-4H2,1-2H3,(H2,11,12,13,14). The molecule has 2 aromatic rings. The van der Waals surface area contributed by atoms with Crippen LogP contribution in [0.25, 0.3) is 10.7 Å². The minimum absolute atomic E-state index is 0.481. The molecule has 0 saturated carbocycles. The fraction of sp³-hybridized carbons (Fsp3) is 0.444. The zero-order valence-corrected chi connectivity index (χ0v) is 10.3. The van der Waals surface area contributed by atoms with Gasteiger partial charge < -0.3 is 0 Å². The van der Waals surface area contributed by atoms with Crippen LogP contribution < -0.4 is 0 Å². The van der Waals surface area contributed by atoms with Crippen LogP contribution in [-0.4, -0.2) is 20.2 Å². The van der Waals surface area contributed by atoms with Crippen molar-refractivity contribution in [3.05, 3.63) is 15.5 Å². The molecule has 0 aromatic carbocycles. The second-order valence-electron chi connectivity index (χ2n) is 3.29. The van der Waals surface area contributed by atoms with Crippen molar-refractivity contribution < 1.29 is 0 Å². The van der Waals surface area contributed by atoms with Gasteiger partial charge >= 0.3 is 0 Å². The summed E-state index contributed by atoms with van der Waals surface area (Å²) in [7, 11) is 0. The molecule has 0 aliphatic carbocycles. The first-order valence-corrected chi connectivity index (χ1v) is 6.04. The zero-order chi connectivity index (χ0) is 10.8. The Bertz CT molecular complexity index is 508. The van der Waals surface area contributed by atoms with E-state index in [0.717, 1.165) is 34.2 Å². The van der Waals surface area contributed by atoms with Gasteiger partial charge in [-0.05, 0) is 32.0 Å². The van der Waals surface area contributed by atoms with Crippen molar-refractivity contribution in [2.45, 2.75) is 26.7 Å². The van der Waals surface area contributed by atoms with Crippen molar-refractivity contribution in [3.8, 4) is 10.7 Å². The Hall–Kier alpha value is -1.01. The number of aromatic amines is 2. The minimum atomic E-state index is 0.481. The van der Waals surface area contributed by atoms with Crippen LogP contribution in [0.1, 0.15) is 24.0 Å². The fourth-order valence-electron chi connectivity index (χ4n) is 1.37. The van der Waals surface area contributed by atoms with Gasteiger partial charge in [-0.1, -0.05) is 6.92 Å². The number of nitrogens with one attached hydrogen (secondary N) is 2. The van der Waals surface area contributed by atoms with Crippen molar-refractivity contribution in [1.29, 1.82) is 0 Å². The molecule has 4 nitrogen and oxygen atoms in total. The molecule has 0 spiro atoms. The van der Waals surface area contributed by atoms with Crippen LogP contribution in [0.5, 0.6) is 0 Å². The van der Waals surface area contributed by atoms with Crippen LogP contribution in [0.3, 0.4) is 0 Å². The normalized spacial score (nSPS) is 10.8. The van der Waals surface area contributed by atoms with E-state index in [1.165, 1.54) is 0 Å². The molecule has 0 unspecified atom stereocenters. The van der Waals surface area contributed by atoms with Crippen molar-refractivity contribution in [2.75, 3.05) is 0 Å². The molecule has 15 heavy (non-hydrogen) atoms. The third-order valence-electron chi connectivity index (χ3n) is 2.02. The number of thiazole rings is 1. The van der Waals surface area contributed by atoms with Gasteiger partial charge in [0.1, 0.15) is 0 Å². The molecule has 6 heteroatoms. The summed E-state index contributed by atoms with van der Waals surface area (Å²) in [4.78, 5) is 9.76. The summed E-state index contributed by atoms with van der Waals surface area (Å²) >= 11 is 6.60. The van der Waals surface area contributed by atoms with Crippen LogP contribution in [0.2, 0.25) is 0 Å². The van der Waals surface area contributed by atoms with Crippen molar-refractivity contribution in [1.82, 2.24) is 20.2 Å². The molecule has 0 fully saturated rings. The molecule has 0 atom stereocenters. The van der Waals surface area contributed by atoms with E-state index in [2.05, 4.69) is 27.1 Å². The van der Waals surface area contributed by atoms with E-state index < -0.39 is 0 Å². The summed E-state index contributed by atoms with van der Waals surface area (Å²) in [6.07, 6.45) is 2.14. The second kappa shape index (κ2) is 4.24. The molecule has 0 saturated heterocycles. The Balaban J connectivity index is 2.40. The third-order valence-corrected chi connectivity index (χ3v) is 3.44. The first-order chi connectivity index (χ1) is 7.20. The average molecular weight is 240 g/mol.